The molecular weight excluding hydrogens is 284 g/mol. The van der Waals surface area contributed by atoms with E-state index < -0.39 is 0 Å². The maximum absolute atomic E-state index is 13.3. The van der Waals surface area contributed by atoms with Gasteiger partial charge in [0.1, 0.15) is 16.7 Å². The molecule has 0 saturated heterocycles. The lowest BCUT2D eigenvalue weighted by Gasteiger charge is -2.02. The second kappa shape index (κ2) is 5.21. The quantitative estimate of drug-likeness (QED) is 0.760. The normalized spacial score (nSPS) is 10.6. The molecule has 0 radical (unpaired) electrons. The number of ether oxygens (including phenoxy) is 1. The minimum Gasteiger partial charge on any atom is -0.431 e. The number of benzene rings is 1. The molecule has 0 aliphatic carbocycles. The van der Waals surface area contributed by atoms with Gasteiger partial charge in [-0.2, -0.15) is 4.98 Å². The van der Waals surface area contributed by atoms with Crippen LogP contribution in [0.2, 0.25) is 5.15 Å². The van der Waals surface area contributed by atoms with Crippen molar-refractivity contribution in [3.63, 3.8) is 0 Å². The van der Waals surface area contributed by atoms with Crippen molar-refractivity contribution in [2.45, 2.75) is 12.8 Å². The fourth-order valence-electron chi connectivity index (χ4n) is 1.18. The van der Waals surface area contributed by atoms with E-state index in [9.17, 15) is 4.39 Å². The smallest absolute Gasteiger partial charge is 0.280 e. The largest absolute Gasteiger partial charge is 0.431 e. The first-order valence-corrected chi connectivity index (χ1v) is 6.48. The molecule has 17 heavy (non-hydrogen) atoms. The number of thiazole rings is 1. The van der Waals surface area contributed by atoms with Crippen molar-refractivity contribution in [1.29, 1.82) is 0 Å². The van der Waals surface area contributed by atoms with E-state index >= 15 is 0 Å². The molecule has 6 heteroatoms. The van der Waals surface area contributed by atoms with Crippen LogP contribution in [0, 0.1) is 12.7 Å². The van der Waals surface area contributed by atoms with Crippen LogP contribution in [0.5, 0.6) is 10.9 Å². The first-order valence-electron chi connectivity index (χ1n) is 4.75. The van der Waals surface area contributed by atoms with Crippen molar-refractivity contribution < 1.29 is 9.13 Å². The van der Waals surface area contributed by atoms with Gasteiger partial charge in [0.15, 0.2) is 0 Å². The Morgan fingerprint density at radius 2 is 2.24 bits per heavy atom. The second-order valence-corrected chi connectivity index (χ2v) is 5.01. The predicted octanol–water partition coefficient (Wildman–Crippen LogP) is 4.78. The fourth-order valence-corrected chi connectivity index (χ4v) is 2.51. The minimum absolute atomic E-state index is 0.280. The topological polar surface area (TPSA) is 22.1 Å². The van der Waals surface area contributed by atoms with Crippen LogP contribution in [0.15, 0.2) is 18.2 Å². The Balaban J connectivity index is 2.22. The van der Waals surface area contributed by atoms with Crippen LogP contribution in [0.4, 0.5) is 4.39 Å². The van der Waals surface area contributed by atoms with Crippen LogP contribution in [0.1, 0.15) is 10.4 Å². The zero-order chi connectivity index (χ0) is 12.4. The monoisotopic (exact) mass is 291 g/mol. The molecule has 0 fully saturated rings. The van der Waals surface area contributed by atoms with Crippen molar-refractivity contribution in [2.75, 3.05) is 0 Å². The third kappa shape index (κ3) is 2.89. The number of aryl methyl sites for hydroxylation is 1. The van der Waals surface area contributed by atoms with E-state index in [1.807, 2.05) is 0 Å². The maximum atomic E-state index is 13.3. The Kier molecular flexibility index (Phi) is 3.86. The maximum Gasteiger partial charge on any atom is 0.280 e. The summed E-state index contributed by atoms with van der Waals surface area (Å²) in [6.45, 7) is 1.69. The molecule has 2 nitrogen and oxygen atoms in total. The van der Waals surface area contributed by atoms with Crippen molar-refractivity contribution in [2.24, 2.45) is 0 Å². The van der Waals surface area contributed by atoms with Crippen molar-refractivity contribution in [1.82, 2.24) is 4.98 Å². The molecule has 0 atom stereocenters. The lowest BCUT2D eigenvalue weighted by atomic mass is 10.2. The molecule has 0 amide bonds. The van der Waals surface area contributed by atoms with Crippen LogP contribution in [0.25, 0.3) is 0 Å². The number of halogens is 3. The summed E-state index contributed by atoms with van der Waals surface area (Å²) in [6.07, 6.45) is 0. The van der Waals surface area contributed by atoms with E-state index in [-0.39, 0.29) is 11.7 Å². The third-order valence-corrected chi connectivity index (χ3v) is 3.88. The van der Waals surface area contributed by atoms with Gasteiger partial charge < -0.3 is 4.74 Å². The number of nitrogens with zero attached hydrogens (tertiary/aromatic N) is 1. The summed E-state index contributed by atoms with van der Waals surface area (Å²) in [7, 11) is 0. The molecule has 2 rings (SSSR count). The standard InChI is InChI=1S/C11H8Cl2FNOS/c1-6-2-3-7(4-8(6)14)16-11-15-10(13)9(5-12)17-11/h2-4H,5H2,1H3. The fraction of sp³-hybridized carbons (Fsp3) is 0.182. The summed E-state index contributed by atoms with van der Waals surface area (Å²) in [6, 6.07) is 4.63. The molecule has 0 aliphatic heterocycles. The van der Waals surface area contributed by atoms with Crippen LogP contribution in [-0.2, 0) is 5.88 Å². The van der Waals surface area contributed by atoms with Gasteiger partial charge in [0.05, 0.1) is 10.8 Å². The molecule has 1 aromatic carbocycles. The molecule has 0 spiro atoms. The molecule has 1 aromatic heterocycles. The molecule has 1 heterocycles. The van der Waals surface area contributed by atoms with Gasteiger partial charge in [-0.3, -0.25) is 0 Å². The Bertz CT molecular complexity index is 544. The summed E-state index contributed by atoms with van der Waals surface area (Å²) >= 11 is 12.7. The SMILES string of the molecule is Cc1ccc(Oc2nc(Cl)c(CCl)s2)cc1F. The van der Waals surface area contributed by atoms with Crippen molar-refractivity contribution in [3.05, 3.63) is 39.6 Å². The van der Waals surface area contributed by atoms with Gasteiger partial charge in [-0.05, 0) is 18.6 Å². The average molecular weight is 292 g/mol. The lowest BCUT2D eigenvalue weighted by molar-refractivity contribution is 0.472. The van der Waals surface area contributed by atoms with E-state index in [0.29, 0.717) is 21.7 Å². The van der Waals surface area contributed by atoms with E-state index in [1.54, 1.807) is 19.1 Å². The number of hydrogen-bond donors (Lipinski definition) is 0. The number of alkyl halides is 1. The first-order chi connectivity index (χ1) is 8.10. The van der Waals surface area contributed by atoms with Gasteiger partial charge >= 0.3 is 0 Å². The highest BCUT2D eigenvalue weighted by Crippen LogP contribution is 2.33. The Hall–Kier alpha value is -0.840. The molecule has 2 aromatic rings. The molecular formula is C11H8Cl2FNOS. The van der Waals surface area contributed by atoms with Crippen molar-refractivity contribution >= 4 is 34.5 Å². The summed E-state index contributed by atoms with van der Waals surface area (Å²) in [4.78, 5) is 4.72. The van der Waals surface area contributed by atoms with Crippen LogP contribution >= 0.6 is 34.5 Å². The van der Waals surface area contributed by atoms with Gasteiger partial charge in [0.25, 0.3) is 5.19 Å². The summed E-state index contributed by atoms with van der Waals surface area (Å²) in [5.41, 5.74) is 0.566. The van der Waals surface area contributed by atoms with E-state index in [0.717, 1.165) is 4.88 Å². The third-order valence-electron chi connectivity index (χ3n) is 2.10. The van der Waals surface area contributed by atoms with Crippen LogP contribution in [-0.4, -0.2) is 4.98 Å². The molecule has 0 saturated carbocycles. The zero-order valence-electron chi connectivity index (χ0n) is 8.84. The van der Waals surface area contributed by atoms with Gasteiger partial charge in [0, 0.05) is 6.07 Å². The number of hydrogen-bond acceptors (Lipinski definition) is 3. The highest BCUT2D eigenvalue weighted by Gasteiger charge is 2.10. The summed E-state index contributed by atoms with van der Waals surface area (Å²) in [5, 5.41) is 0.682. The summed E-state index contributed by atoms with van der Waals surface area (Å²) in [5.74, 6) is 0.352. The highest BCUT2D eigenvalue weighted by atomic mass is 35.5. The molecule has 0 unspecified atom stereocenters. The van der Waals surface area contributed by atoms with Crippen LogP contribution < -0.4 is 4.74 Å². The second-order valence-electron chi connectivity index (χ2n) is 3.34. The lowest BCUT2D eigenvalue weighted by Crippen LogP contribution is -1.86. The van der Waals surface area contributed by atoms with Crippen LogP contribution in [0.3, 0.4) is 0 Å². The van der Waals surface area contributed by atoms with E-state index in [1.165, 1.54) is 17.4 Å². The Labute approximate surface area is 112 Å². The van der Waals surface area contributed by atoms with Gasteiger partial charge in [-0.1, -0.05) is 29.0 Å². The molecule has 0 N–H and O–H groups in total. The number of aromatic nitrogens is 1. The Morgan fingerprint density at radius 3 is 2.82 bits per heavy atom. The minimum atomic E-state index is -0.317. The van der Waals surface area contributed by atoms with Gasteiger partial charge in [-0.25, -0.2) is 4.39 Å². The zero-order valence-corrected chi connectivity index (χ0v) is 11.2. The Morgan fingerprint density at radius 1 is 1.47 bits per heavy atom. The number of rotatable bonds is 3. The van der Waals surface area contributed by atoms with E-state index in [4.69, 9.17) is 27.9 Å². The first kappa shape index (κ1) is 12.6. The molecule has 90 valence electrons. The van der Waals surface area contributed by atoms with Gasteiger partial charge in [0.2, 0.25) is 0 Å². The van der Waals surface area contributed by atoms with Gasteiger partial charge in [-0.15, -0.1) is 11.6 Å². The van der Waals surface area contributed by atoms with E-state index in [2.05, 4.69) is 4.98 Å². The predicted molar refractivity (Wildman–Crippen MR) is 67.9 cm³/mol. The molecule has 0 aliphatic rings. The van der Waals surface area contributed by atoms with Crippen molar-refractivity contribution in [3.8, 4) is 10.9 Å². The average Bonchev–Trinajstić information content (AvgIpc) is 2.64. The summed E-state index contributed by atoms with van der Waals surface area (Å²) < 4.78 is 18.7. The highest BCUT2D eigenvalue weighted by molar-refractivity contribution is 7.14. The molecule has 0 bridgehead atoms.